The third-order valence-corrected chi connectivity index (χ3v) is 3.64. The van der Waals surface area contributed by atoms with Gasteiger partial charge in [-0.1, -0.05) is 18.2 Å². The summed E-state index contributed by atoms with van der Waals surface area (Å²) in [6.07, 6.45) is 3.05. The van der Waals surface area contributed by atoms with Crippen LogP contribution < -0.4 is 5.11 Å². The van der Waals surface area contributed by atoms with E-state index in [9.17, 15) is 15.0 Å². The van der Waals surface area contributed by atoms with Crippen molar-refractivity contribution in [2.75, 3.05) is 0 Å². The van der Waals surface area contributed by atoms with E-state index in [4.69, 9.17) is 4.74 Å². The summed E-state index contributed by atoms with van der Waals surface area (Å²) in [7, 11) is 0. The molecule has 0 radical (unpaired) electrons. The van der Waals surface area contributed by atoms with Gasteiger partial charge in [0.25, 0.3) is 0 Å². The normalized spacial score (nSPS) is 23.3. The summed E-state index contributed by atoms with van der Waals surface area (Å²) in [5.41, 5.74) is 1.55. The standard InChI is InChI=1S/C15H20O4/c1-10-4-2-5-11(14(10)15(17)18)9-19-13-7-3-6-12(16)8-13/h2,4-5,12-13,16H,3,6-9H2,1H3,(H,17,18)/p-1. The van der Waals surface area contributed by atoms with E-state index in [2.05, 4.69) is 0 Å². The maximum absolute atomic E-state index is 11.1. The summed E-state index contributed by atoms with van der Waals surface area (Å²) in [4.78, 5) is 11.1. The number of benzene rings is 1. The summed E-state index contributed by atoms with van der Waals surface area (Å²) >= 11 is 0. The molecule has 0 spiro atoms. The van der Waals surface area contributed by atoms with Gasteiger partial charge in [0.15, 0.2) is 0 Å². The van der Waals surface area contributed by atoms with Crippen LogP contribution in [0.4, 0.5) is 0 Å². The van der Waals surface area contributed by atoms with Crippen LogP contribution in [0, 0.1) is 6.92 Å². The first-order chi connectivity index (χ1) is 9.08. The Morgan fingerprint density at radius 3 is 2.95 bits per heavy atom. The van der Waals surface area contributed by atoms with Crippen LogP contribution in [0.25, 0.3) is 0 Å². The first kappa shape index (κ1) is 14.0. The Bertz CT molecular complexity index is 455. The fourth-order valence-electron chi connectivity index (χ4n) is 2.62. The molecule has 0 aromatic heterocycles. The highest BCUT2D eigenvalue weighted by Crippen LogP contribution is 2.23. The highest BCUT2D eigenvalue weighted by molar-refractivity contribution is 5.89. The first-order valence-corrected chi connectivity index (χ1v) is 6.67. The Morgan fingerprint density at radius 1 is 1.47 bits per heavy atom. The zero-order valence-electron chi connectivity index (χ0n) is 11.1. The molecule has 4 heteroatoms. The smallest absolute Gasteiger partial charge is 0.0727 e. The van der Waals surface area contributed by atoms with Gasteiger partial charge < -0.3 is 19.7 Å². The Morgan fingerprint density at radius 2 is 2.26 bits per heavy atom. The van der Waals surface area contributed by atoms with Crippen LogP contribution in [0.1, 0.15) is 47.2 Å². The maximum Gasteiger partial charge on any atom is 0.0727 e. The number of carboxylic acid groups (broad SMARTS) is 1. The molecule has 19 heavy (non-hydrogen) atoms. The Kier molecular flexibility index (Phi) is 4.56. The van der Waals surface area contributed by atoms with Crippen molar-refractivity contribution in [1.29, 1.82) is 0 Å². The number of hydrogen-bond donors (Lipinski definition) is 1. The van der Waals surface area contributed by atoms with Gasteiger partial charge in [-0.25, -0.2) is 0 Å². The SMILES string of the molecule is Cc1cccc(COC2CCCC(O)C2)c1C(=O)[O-]. The number of aromatic carboxylic acids is 1. The molecular formula is C15H19O4-. The number of rotatable bonds is 4. The van der Waals surface area contributed by atoms with Crippen molar-refractivity contribution in [1.82, 2.24) is 0 Å². The maximum atomic E-state index is 11.1. The van der Waals surface area contributed by atoms with Gasteiger partial charge >= 0.3 is 0 Å². The molecule has 1 N–H and O–H groups in total. The van der Waals surface area contributed by atoms with Gasteiger partial charge in [0, 0.05) is 5.56 Å². The average molecular weight is 263 g/mol. The predicted molar refractivity (Wildman–Crippen MR) is 68.6 cm³/mol. The molecule has 104 valence electrons. The molecule has 1 aliphatic carbocycles. The van der Waals surface area contributed by atoms with Crippen molar-refractivity contribution in [3.8, 4) is 0 Å². The summed E-state index contributed by atoms with van der Waals surface area (Å²) < 4.78 is 5.73. The lowest BCUT2D eigenvalue weighted by Gasteiger charge is -2.26. The molecule has 1 aromatic rings. The first-order valence-electron chi connectivity index (χ1n) is 6.67. The van der Waals surface area contributed by atoms with E-state index in [-0.39, 0.29) is 24.4 Å². The largest absolute Gasteiger partial charge is 0.545 e. The summed E-state index contributed by atoms with van der Waals surface area (Å²) in [5, 5.41) is 20.7. The third-order valence-electron chi connectivity index (χ3n) is 3.64. The molecule has 1 aromatic carbocycles. The van der Waals surface area contributed by atoms with E-state index in [1.54, 1.807) is 19.1 Å². The quantitative estimate of drug-likeness (QED) is 0.885. The monoisotopic (exact) mass is 263 g/mol. The molecule has 2 atom stereocenters. The molecule has 0 bridgehead atoms. The lowest BCUT2D eigenvalue weighted by atomic mass is 9.95. The van der Waals surface area contributed by atoms with Crippen LogP contribution in [-0.4, -0.2) is 23.3 Å². The highest BCUT2D eigenvalue weighted by atomic mass is 16.5. The number of carbonyl (C=O) groups is 1. The van der Waals surface area contributed by atoms with Gasteiger partial charge in [0.1, 0.15) is 0 Å². The van der Waals surface area contributed by atoms with E-state index >= 15 is 0 Å². The second-order valence-corrected chi connectivity index (χ2v) is 5.15. The Balaban J connectivity index is 2.03. The van der Waals surface area contributed by atoms with E-state index in [1.165, 1.54) is 0 Å². The molecule has 2 rings (SSSR count). The van der Waals surface area contributed by atoms with E-state index in [1.807, 2.05) is 6.07 Å². The van der Waals surface area contributed by atoms with Gasteiger partial charge in [-0.05, 0) is 43.7 Å². The number of aliphatic hydroxyl groups is 1. The molecule has 2 unspecified atom stereocenters. The minimum Gasteiger partial charge on any atom is -0.545 e. The van der Waals surface area contributed by atoms with Crippen LogP contribution in [0.15, 0.2) is 18.2 Å². The number of carboxylic acids is 1. The summed E-state index contributed by atoms with van der Waals surface area (Å²) in [5.74, 6) is -1.17. The fourth-order valence-corrected chi connectivity index (χ4v) is 2.62. The topological polar surface area (TPSA) is 69.6 Å². The second kappa shape index (κ2) is 6.17. The van der Waals surface area contributed by atoms with Gasteiger partial charge in [0.2, 0.25) is 0 Å². The molecular weight excluding hydrogens is 244 g/mol. The number of aryl methyl sites for hydroxylation is 1. The van der Waals surface area contributed by atoms with Crippen LogP contribution in [0.5, 0.6) is 0 Å². The van der Waals surface area contributed by atoms with E-state index in [0.29, 0.717) is 17.5 Å². The molecule has 0 heterocycles. The zero-order valence-corrected chi connectivity index (χ0v) is 11.1. The van der Waals surface area contributed by atoms with Gasteiger partial charge in [0.05, 0.1) is 24.8 Å². The number of ether oxygens (including phenoxy) is 1. The van der Waals surface area contributed by atoms with E-state index in [0.717, 1.165) is 19.3 Å². The van der Waals surface area contributed by atoms with Crippen molar-refractivity contribution in [3.05, 3.63) is 34.9 Å². The van der Waals surface area contributed by atoms with Crippen molar-refractivity contribution >= 4 is 5.97 Å². The van der Waals surface area contributed by atoms with Gasteiger partial charge in [-0.3, -0.25) is 0 Å². The Labute approximate surface area is 113 Å². The molecule has 0 aliphatic heterocycles. The van der Waals surface area contributed by atoms with Crippen LogP contribution in [0.2, 0.25) is 0 Å². The van der Waals surface area contributed by atoms with Crippen molar-refractivity contribution in [3.63, 3.8) is 0 Å². The summed E-state index contributed by atoms with van der Waals surface area (Å²) in [6, 6.07) is 5.31. The highest BCUT2D eigenvalue weighted by Gasteiger charge is 2.21. The Hall–Kier alpha value is -1.39. The lowest BCUT2D eigenvalue weighted by molar-refractivity contribution is -0.255. The van der Waals surface area contributed by atoms with Crippen LogP contribution in [0.3, 0.4) is 0 Å². The molecule has 0 amide bonds. The molecule has 4 nitrogen and oxygen atoms in total. The van der Waals surface area contributed by atoms with E-state index < -0.39 is 5.97 Å². The number of hydrogen-bond acceptors (Lipinski definition) is 4. The number of aliphatic hydroxyl groups excluding tert-OH is 1. The minimum absolute atomic E-state index is 0.0128. The molecule has 1 saturated carbocycles. The van der Waals surface area contributed by atoms with Gasteiger partial charge in [-0.2, -0.15) is 0 Å². The fraction of sp³-hybridized carbons (Fsp3) is 0.533. The number of carbonyl (C=O) groups excluding carboxylic acids is 1. The predicted octanol–water partition coefficient (Wildman–Crippen LogP) is 1.18. The van der Waals surface area contributed by atoms with Crippen LogP contribution in [-0.2, 0) is 11.3 Å². The minimum atomic E-state index is -1.17. The molecule has 0 saturated heterocycles. The summed E-state index contributed by atoms with van der Waals surface area (Å²) in [6.45, 7) is 2.00. The average Bonchev–Trinajstić information content (AvgIpc) is 2.36. The van der Waals surface area contributed by atoms with Gasteiger partial charge in [-0.15, -0.1) is 0 Å². The van der Waals surface area contributed by atoms with Crippen molar-refractivity contribution in [2.45, 2.75) is 51.4 Å². The lowest BCUT2D eigenvalue weighted by Crippen LogP contribution is -2.27. The van der Waals surface area contributed by atoms with Crippen molar-refractivity contribution < 1.29 is 19.7 Å². The van der Waals surface area contributed by atoms with Crippen molar-refractivity contribution in [2.24, 2.45) is 0 Å². The molecule has 1 aliphatic rings. The third kappa shape index (κ3) is 3.55. The second-order valence-electron chi connectivity index (χ2n) is 5.15. The van der Waals surface area contributed by atoms with Crippen LogP contribution >= 0.6 is 0 Å². The molecule has 1 fully saturated rings. The zero-order chi connectivity index (χ0) is 13.8.